The molecule has 0 saturated carbocycles. The van der Waals surface area contributed by atoms with E-state index >= 15 is 0 Å². The van der Waals surface area contributed by atoms with Crippen LogP contribution in [0.4, 0.5) is 17.5 Å². The first-order chi connectivity index (χ1) is 15.7. The zero-order valence-corrected chi connectivity index (χ0v) is 17.4. The van der Waals surface area contributed by atoms with E-state index in [0.717, 1.165) is 0 Å². The molecule has 3 aromatic rings. The minimum absolute atomic E-state index is 0.0209. The van der Waals surface area contributed by atoms with E-state index in [1.54, 1.807) is 24.1 Å². The Morgan fingerprint density at radius 1 is 1.21 bits per heavy atom. The van der Waals surface area contributed by atoms with Gasteiger partial charge in [0.05, 0.1) is 6.20 Å². The SMILES string of the molecule is CN(c1ccc(C(=O)N[C@@H](CCC(=O)NN)C(=O)O)cc1)c1cnc2nc(N)[nH]c(=O)c2n1. The van der Waals surface area contributed by atoms with E-state index in [4.69, 9.17) is 11.6 Å². The molecule has 0 aliphatic carbocycles. The monoisotopic (exact) mass is 455 g/mol. The molecular formula is C19H21N9O5. The summed E-state index contributed by atoms with van der Waals surface area (Å²) < 4.78 is 0. The van der Waals surface area contributed by atoms with Crippen molar-refractivity contribution in [3.63, 3.8) is 0 Å². The summed E-state index contributed by atoms with van der Waals surface area (Å²) in [4.78, 5) is 63.4. The van der Waals surface area contributed by atoms with Crippen molar-refractivity contribution in [1.82, 2.24) is 30.7 Å². The molecule has 2 amide bonds. The summed E-state index contributed by atoms with van der Waals surface area (Å²) in [6, 6.07) is 4.96. The first kappa shape index (κ1) is 23.1. The number of hydrazine groups is 1. The number of carboxylic acid groups (broad SMARTS) is 1. The first-order valence-electron chi connectivity index (χ1n) is 9.59. The molecule has 0 radical (unpaired) electrons. The standard InChI is InChI=1S/C19H21N9O5/c1-28(12-8-22-15-14(24-12)17(31)26-19(20)25-15)10-4-2-9(3-5-10)16(30)23-11(18(32)33)6-7-13(29)27-21/h2-5,8,11H,6-7,21H2,1H3,(H,23,30)(H,27,29)(H,32,33)(H3,20,22,25,26,31)/t11-/m0/s1. The fraction of sp³-hybridized carbons (Fsp3) is 0.211. The highest BCUT2D eigenvalue weighted by molar-refractivity contribution is 5.97. The number of carbonyl (C=O) groups is 3. The average Bonchev–Trinajstić information content (AvgIpc) is 2.80. The lowest BCUT2D eigenvalue weighted by molar-refractivity contribution is -0.139. The van der Waals surface area contributed by atoms with Gasteiger partial charge in [0.25, 0.3) is 11.5 Å². The van der Waals surface area contributed by atoms with Gasteiger partial charge in [0.2, 0.25) is 11.9 Å². The Morgan fingerprint density at radius 3 is 2.55 bits per heavy atom. The summed E-state index contributed by atoms with van der Waals surface area (Å²) in [5.41, 5.74) is 7.84. The van der Waals surface area contributed by atoms with E-state index < -0.39 is 29.4 Å². The fourth-order valence-electron chi connectivity index (χ4n) is 2.90. The van der Waals surface area contributed by atoms with Gasteiger partial charge in [0, 0.05) is 24.7 Å². The van der Waals surface area contributed by atoms with Gasteiger partial charge in [-0.3, -0.25) is 24.8 Å². The number of hydrogen-bond donors (Lipinski definition) is 6. The van der Waals surface area contributed by atoms with E-state index in [0.29, 0.717) is 11.5 Å². The number of anilines is 3. The van der Waals surface area contributed by atoms with E-state index in [1.165, 1.54) is 18.3 Å². The number of aromatic nitrogens is 4. The number of benzene rings is 1. The van der Waals surface area contributed by atoms with Crippen molar-refractivity contribution in [1.29, 1.82) is 0 Å². The van der Waals surface area contributed by atoms with Crippen LogP contribution in [0.15, 0.2) is 35.3 Å². The smallest absolute Gasteiger partial charge is 0.326 e. The second-order valence-corrected chi connectivity index (χ2v) is 6.93. The molecule has 2 aromatic heterocycles. The largest absolute Gasteiger partial charge is 0.480 e. The lowest BCUT2D eigenvalue weighted by atomic mass is 10.1. The second-order valence-electron chi connectivity index (χ2n) is 6.93. The Kier molecular flexibility index (Phi) is 6.78. The van der Waals surface area contributed by atoms with E-state index in [-0.39, 0.29) is 35.5 Å². The van der Waals surface area contributed by atoms with Crippen LogP contribution in [0.2, 0.25) is 0 Å². The topological polar surface area (TPSA) is 222 Å². The third kappa shape index (κ3) is 5.37. The maximum Gasteiger partial charge on any atom is 0.326 e. The van der Waals surface area contributed by atoms with Gasteiger partial charge in [0.15, 0.2) is 17.0 Å². The highest BCUT2D eigenvalue weighted by Gasteiger charge is 2.22. The Labute approximate surface area is 186 Å². The molecule has 2 heterocycles. The number of aliphatic carboxylic acids is 1. The molecule has 1 atom stereocenters. The first-order valence-corrected chi connectivity index (χ1v) is 9.59. The highest BCUT2D eigenvalue weighted by atomic mass is 16.4. The fourth-order valence-corrected chi connectivity index (χ4v) is 2.90. The lowest BCUT2D eigenvalue weighted by Gasteiger charge is -2.19. The molecule has 172 valence electrons. The summed E-state index contributed by atoms with van der Waals surface area (Å²) in [5, 5.41) is 11.6. The number of amides is 2. The number of hydrogen-bond acceptors (Lipinski definition) is 10. The number of aromatic amines is 1. The van der Waals surface area contributed by atoms with Crippen LogP contribution >= 0.6 is 0 Å². The van der Waals surface area contributed by atoms with Crippen molar-refractivity contribution in [3.8, 4) is 0 Å². The Bertz CT molecular complexity index is 1260. The zero-order valence-electron chi connectivity index (χ0n) is 17.4. The second kappa shape index (κ2) is 9.69. The van der Waals surface area contributed by atoms with Gasteiger partial charge >= 0.3 is 5.97 Å². The van der Waals surface area contributed by atoms with E-state index in [9.17, 15) is 24.3 Å². The summed E-state index contributed by atoms with van der Waals surface area (Å²) in [6.45, 7) is 0. The molecule has 0 aliphatic rings. The summed E-state index contributed by atoms with van der Waals surface area (Å²) >= 11 is 0. The number of H-pyrrole nitrogens is 1. The van der Waals surface area contributed by atoms with Gasteiger partial charge < -0.3 is 21.1 Å². The molecule has 0 fully saturated rings. The molecule has 14 nitrogen and oxygen atoms in total. The van der Waals surface area contributed by atoms with Gasteiger partial charge in [-0.05, 0) is 30.7 Å². The van der Waals surface area contributed by atoms with Crippen molar-refractivity contribution < 1.29 is 19.5 Å². The number of carbonyl (C=O) groups excluding carboxylic acids is 2. The number of rotatable bonds is 8. The maximum atomic E-state index is 12.4. The molecule has 14 heteroatoms. The molecule has 0 bridgehead atoms. The van der Waals surface area contributed by atoms with Crippen molar-refractivity contribution in [2.45, 2.75) is 18.9 Å². The van der Waals surface area contributed by atoms with Crippen LogP contribution < -0.4 is 32.8 Å². The Balaban J connectivity index is 1.74. The van der Waals surface area contributed by atoms with Crippen molar-refractivity contribution in [2.75, 3.05) is 17.7 Å². The third-order valence-corrected chi connectivity index (χ3v) is 4.71. The van der Waals surface area contributed by atoms with Crippen LogP contribution in [0.25, 0.3) is 11.2 Å². The number of nitrogens with two attached hydrogens (primary N) is 2. The molecular weight excluding hydrogens is 434 g/mol. The van der Waals surface area contributed by atoms with Crippen LogP contribution in [-0.4, -0.2) is 55.9 Å². The minimum Gasteiger partial charge on any atom is -0.480 e. The zero-order chi connectivity index (χ0) is 24.1. The van der Waals surface area contributed by atoms with Crippen LogP contribution in [-0.2, 0) is 9.59 Å². The molecule has 0 saturated heterocycles. The van der Waals surface area contributed by atoms with E-state index in [1.807, 2.05) is 5.43 Å². The minimum atomic E-state index is -1.27. The Hall–Kier alpha value is -4.59. The van der Waals surface area contributed by atoms with Gasteiger partial charge in [0.1, 0.15) is 6.04 Å². The molecule has 1 aromatic carbocycles. The quantitative estimate of drug-likeness (QED) is 0.137. The van der Waals surface area contributed by atoms with Crippen LogP contribution in [0, 0.1) is 0 Å². The van der Waals surface area contributed by atoms with E-state index in [2.05, 4.69) is 25.3 Å². The van der Waals surface area contributed by atoms with Crippen LogP contribution in [0.3, 0.4) is 0 Å². The van der Waals surface area contributed by atoms with Gasteiger partial charge in [-0.1, -0.05) is 0 Å². The molecule has 3 rings (SSSR count). The Morgan fingerprint density at radius 2 is 1.91 bits per heavy atom. The normalized spacial score (nSPS) is 11.6. The molecule has 0 aliphatic heterocycles. The maximum absolute atomic E-state index is 12.4. The summed E-state index contributed by atoms with van der Waals surface area (Å²) in [6.07, 6.45) is 1.14. The van der Waals surface area contributed by atoms with Gasteiger partial charge in [-0.2, -0.15) is 4.98 Å². The highest BCUT2D eigenvalue weighted by Crippen LogP contribution is 2.22. The van der Waals surface area contributed by atoms with Crippen LogP contribution in [0.5, 0.6) is 0 Å². The number of nitrogen functional groups attached to an aromatic ring is 1. The third-order valence-electron chi connectivity index (χ3n) is 4.71. The summed E-state index contributed by atoms with van der Waals surface area (Å²) in [7, 11) is 1.69. The van der Waals surface area contributed by atoms with Crippen LogP contribution in [0.1, 0.15) is 23.2 Å². The molecule has 0 spiro atoms. The molecule has 0 unspecified atom stereocenters. The van der Waals surface area contributed by atoms with Crippen molar-refractivity contribution in [2.24, 2.45) is 5.84 Å². The predicted molar refractivity (Wildman–Crippen MR) is 117 cm³/mol. The van der Waals surface area contributed by atoms with Crippen molar-refractivity contribution >= 4 is 46.4 Å². The van der Waals surface area contributed by atoms with Crippen molar-refractivity contribution in [3.05, 3.63) is 46.4 Å². The number of nitrogens with zero attached hydrogens (tertiary/aromatic N) is 4. The van der Waals surface area contributed by atoms with Gasteiger partial charge in [-0.15, -0.1) is 0 Å². The molecule has 8 N–H and O–H groups in total. The summed E-state index contributed by atoms with van der Waals surface area (Å²) in [5.74, 6) is 2.83. The number of fused-ring (bicyclic) bond motifs is 1. The van der Waals surface area contributed by atoms with Gasteiger partial charge in [-0.25, -0.2) is 20.6 Å². The lowest BCUT2D eigenvalue weighted by Crippen LogP contribution is -2.42. The molecule has 33 heavy (non-hydrogen) atoms. The predicted octanol–water partition coefficient (Wildman–Crippen LogP) is -0.984. The average molecular weight is 455 g/mol. The number of carboxylic acids is 1. The number of nitrogens with one attached hydrogen (secondary N) is 3.